The van der Waals surface area contributed by atoms with Gasteiger partial charge in [-0.15, -0.1) is 0 Å². The third-order valence-electron chi connectivity index (χ3n) is 6.49. The van der Waals surface area contributed by atoms with Crippen LogP contribution in [0.1, 0.15) is 34.7 Å². The first-order chi connectivity index (χ1) is 14.3. The Balaban J connectivity index is 1.58. The fraction of sp³-hybridized carbons (Fsp3) is 0.591. The number of furan rings is 1. The smallest absolute Gasteiger partial charge is 0.289 e. The molecule has 2 saturated heterocycles. The van der Waals surface area contributed by atoms with Crippen molar-refractivity contribution in [3.05, 3.63) is 41.6 Å². The molecule has 2 fully saturated rings. The van der Waals surface area contributed by atoms with Crippen molar-refractivity contribution in [3.8, 4) is 0 Å². The van der Waals surface area contributed by atoms with Crippen LogP contribution in [0.4, 0.5) is 0 Å². The first kappa shape index (κ1) is 20.7. The highest BCUT2D eigenvalue weighted by molar-refractivity contribution is 5.92. The van der Waals surface area contributed by atoms with Crippen LogP contribution < -0.4 is 0 Å². The Labute approximate surface area is 177 Å². The van der Waals surface area contributed by atoms with Crippen LogP contribution in [-0.4, -0.2) is 76.6 Å². The highest BCUT2D eigenvalue weighted by Crippen LogP contribution is 2.44. The van der Waals surface area contributed by atoms with Gasteiger partial charge < -0.3 is 14.2 Å². The minimum Gasteiger partial charge on any atom is -0.456 e. The van der Waals surface area contributed by atoms with Crippen molar-refractivity contribution >= 4 is 11.8 Å². The number of aromatic nitrogens is 2. The minimum absolute atomic E-state index is 0.0816. The van der Waals surface area contributed by atoms with Crippen LogP contribution in [0.5, 0.6) is 0 Å². The predicted octanol–water partition coefficient (Wildman–Crippen LogP) is 1.76. The van der Waals surface area contributed by atoms with Crippen molar-refractivity contribution in [3.63, 3.8) is 0 Å². The monoisotopic (exact) mass is 413 g/mol. The lowest BCUT2D eigenvalue weighted by molar-refractivity contribution is -0.141. The van der Waals surface area contributed by atoms with Crippen molar-refractivity contribution in [1.29, 1.82) is 0 Å². The average Bonchev–Trinajstić information content (AvgIpc) is 3.37. The Morgan fingerprint density at radius 3 is 2.73 bits per heavy atom. The van der Waals surface area contributed by atoms with E-state index in [1.165, 1.54) is 0 Å². The van der Waals surface area contributed by atoms with Gasteiger partial charge in [-0.05, 0) is 31.9 Å². The number of carbonyl (C=O) groups is 2. The number of likely N-dealkylation sites (tertiary alicyclic amines) is 2. The van der Waals surface area contributed by atoms with Gasteiger partial charge in [-0.25, -0.2) is 0 Å². The highest BCUT2D eigenvalue weighted by atomic mass is 16.3. The maximum atomic E-state index is 13.4. The fourth-order valence-corrected chi connectivity index (χ4v) is 5.15. The van der Waals surface area contributed by atoms with Crippen LogP contribution in [0.15, 0.2) is 28.9 Å². The second kappa shape index (κ2) is 7.91. The number of hydrogen-bond donors (Lipinski definition) is 0. The summed E-state index contributed by atoms with van der Waals surface area (Å²) in [5, 5.41) is 4.27. The molecule has 0 radical (unpaired) electrons. The van der Waals surface area contributed by atoms with E-state index >= 15 is 0 Å². The number of rotatable bonds is 4. The summed E-state index contributed by atoms with van der Waals surface area (Å²) < 4.78 is 7.38. The second-order valence-corrected chi connectivity index (χ2v) is 9.01. The molecule has 8 nitrogen and oxygen atoms in total. The quantitative estimate of drug-likeness (QED) is 0.764. The Morgan fingerprint density at radius 1 is 1.30 bits per heavy atom. The van der Waals surface area contributed by atoms with Crippen LogP contribution in [0.2, 0.25) is 0 Å². The van der Waals surface area contributed by atoms with Crippen LogP contribution in [-0.2, 0) is 18.4 Å². The van der Waals surface area contributed by atoms with Gasteiger partial charge in [-0.2, -0.15) is 5.10 Å². The molecule has 2 aromatic rings. The fourth-order valence-electron chi connectivity index (χ4n) is 5.15. The van der Waals surface area contributed by atoms with E-state index in [0.29, 0.717) is 25.4 Å². The summed E-state index contributed by atoms with van der Waals surface area (Å²) in [6, 6.07) is 3.56. The van der Waals surface area contributed by atoms with E-state index in [2.05, 4.69) is 10.00 Å². The van der Waals surface area contributed by atoms with Gasteiger partial charge in [0, 0.05) is 71.5 Å². The normalized spacial score (nSPS) is 24.5. The maximum Gasteiger partial charge on any atom is 0.289 e. The Bertz CT molecular complexity index is 933. The van der Waals surface area contributed by atoms with Gasteiger partial charge in [0.1, 0.15) is 5.76 Å². The molecule has 2 amide bonds. The lowest BCUT2D eigenvalue weighted by atomic mass is 9.74. The molecule has 2 atom stereocenters. The lowest BCUT2D eigenvalue weighted by Gasteiger charge is -2.34. The lowest BCUT2D eigenvalue weighted by Crippen LogP contribution is -2.47. The van der Waals surface area contributed by atoms with E-state index in [1.54, 1.807) is 15.6 Å². The first-order valence-corrected chi connectivity index (χ1v) is 10.6. The molecular formula is C22H31N5O3. The molecule has 4 rings (SSSR count). The highest BCUT2D eigenvalue weighted by Gasteiger charge is 2.54. The van der Waals surface area contributed by atoms with Crippen molar-refractivity contribution in [2.75, 3.05) is 40.3 Å². The molecule has 2 aliphatic heterocycles. The summed E-state index contributed by atoms with van der Waals surface area (Å²) in [5.41, 5.74) is 0.681. The van der Waals surface area contributed by atoms with Crippen LogP contribution in [0, 0.1) is 18.3 Å². The van der Waals surface area contributed by atoms with Gasteiger partial charge in [0.25, 0.3) is 5.91 Å². The van der Waals surface area contributed by atoms with Crippen LogP contribution in [0.25, 0.3) is 0 Å². The van der Waals surface area contributed by atoms with E-state index < -0.39 is 5.41 Å². The van der Waals surface area contributed by atoms with Gasteiger partial charge in [0.05, 0.1) is 11.6 Å². The third-order valence-corrected chi connectivity index (χ3v) is 6.49. The Morgan fingerprint density at radius 2 is 2.10 bits per heavy atom. The molecule has 0 aromatic carbocycles. The molecule has 0 saturated carbocycles. The van der Waals surface area contributed by atoms with E-state index in [9.17, 15) is 9.59 Å². The van der Waals surface area contributed by atoms with Crippen LogP contribution >= 0.6 is 0 Å². The third kappa shape index (κ3) is 3.76. The minimum atomic E-state index is -0.459. The molecule has 30 heavy (non-hydrogen) atoms. The SMILES string of the molecule is Cc1ccc(C(=O)N2CCC[C@]3(C(=O)N(C)C)CN(Cc4cnn(C)c4)C[C@@H]3C2)o1. The number of amides is 2. The second-order valence-electron chi connectivity index (χ2n) is 9.01. The van der Waals surface area contributed by atoms with Gasteiger partial charge in [-0.3, -0.25) is 19.2 Å². The molecule has 8 heteroatoms. The first-order valence-electron chi connectivity index (χ1n) is 10.6. The summed E-state index contributed by atoms with van der Waals surface area (Å²) in [6.45, 7) is 5.33. The molecule has 0 aliphatic carbocycles. The van der Waals surface area contributed by atoms with Crippen molar-refractivity contribution in [2.24, 2.45) is 18.4 Å². The number of fused-ring (bicyclic) bond motifs is 1. The van der Waals surface area contributed by atoms with Crippen molar-refractivity contribution < 1.29 is 14.0 Å². The molecule has 0 bridgehead atoms. The zero-order valence-corrected chi connectivity index (χ0v) is 18.3. The predicted molar refractivity (Wildman–Crippen MR) is 112 cm³/mol. The topological polar surface area (TPSA) is 74.8 Å². The molecule has 2 aromatic heterocycles. The zero-order valence-electron chi connectivity index (χ0n) is 18.3. The molecular weight excluding hydrogens is 382 g/mol. The van der Waals surface area contributed by atoms with E-state index in [4.69, 9.17) is 4.42 Å². The maximum absolute atomic E-state index is 13.4. The number of carbonyl (C=O) groups excluding carboxylic acids is 2. The summed E-state index contributed by atoms with van der Waals surface area (Å²) in [5.74, 6) is 1.29. The van der Waals surface area contributed by atoms with Gasteiger partial charge in [-0.1, -0.05) is 0 Å². The molecule has 2 aliphatic rings. The number of aryl methyl sites for hydroxylation is 2. The van der Waals surface area contributed by atoms with Gasteiger partial charge in [0.2, 0.25) is 5.91 Å². The van der Waals surface area contributed by atoms with E-state index in [-0.39, 0.29) is 17.7 Å². The summed E-state index contributed by atoms with van der Waals surface area (Å²) in [4.78, 5) is 32.4. The average molecular weight is 414 g/mol. The summed E-state index contributed by atoms with van der Waals surface area (Å²) in [6.07, 6.45) is 5.49. The number of nitrogens with zero attached hydrogens (tertiary/aromatic N) is 5. The summed E-state index contributed by atoms with van der Waals surface area (Å²) >= 11 is 0. The Hall–Kier alpha value is -2.61. The van der Waals surface area contributed by atoms with E-state index in [1.807, 2.05) is 51.4 Å². The summed E-state index contributed by atoms with van der Waals surface area (Å²) in [7, 11) is 5.57. The Kier molecular flexibility index (Phi) is 5.44. The number of hydrogen-bond acceptors (Lipinski definition) is 5. The standard InChI is InChI=1S/C22H31N5O3/c1-16-6-7-19(30-16)20(28)27-9-5-8-22(21(29)24(2)3)15-26(13-18(22)14-27)12-17-10-23-25(4)11-17/h6-7,10-11,18H,5,8-9,12-15H2,1-4H3/t18-,22+/m1/s1. The van der Waals surface area contributed by atoms with Gasteiger partial charge >= 0.3 is 0 Å². The molecule has 4 heterocycles. The van der Waals surface area contributed by atoms with Crippen molar-refractivity contribution in [2.45, 2.75) is 26.3 Å². The largest absolute Gasteiger partial charge is 0.456 e. The van der Waals surface area contributed by atoms with Crippen LogP contribution in [0.3, 0.4) is 0 Å². The molecule has 0 spiro atoms. The molecule has 0 unspecified atom stereocenters. The van der Waals surface area contributed by atoms with Gasteiger partial charge in [0.15, 0.2) is 5.76 Å². The zero-order chi connectivity index (χ0) is 21.5. The van der Waals surface area contributed by atoms with Crippen molar-refractivity contribution in [1.82, 2.24) is 24.5 Å². The van der Waals surface area contributed by atoms with E-state index in [0.717, 1.165) is 37.3 Å². The molecule has 162 valence electrons. The molecule has 0 N–H and O–H groups in total.